The molecule has 0 saturated carbocycles. The van der Waals surface area contributed by atoms with E-state index in [0.29, 0.717) is 12.0 Å². The summed E-state index contributed by atoms with van der Waals surface area (Å²) < 4.78 is 7.27. The van der Waals surface area contributed by atoms with Gasteiger partial charge in [-0.2, -0.15) is 0 Å². The van der Waals surface area contributed by atoms with E-state index in [1.54, 1.807) is 7.11 Å². The number of hydrogen-bond acceptors (Lipinski definition) is 3. The average molecular weight is 239 g/mol. The highest BCUT2D eigenvalue weighted by atomic mass is 16.5. The lowest BCUT2D eigenvalue weighted by Gasteiger charge is -2.18. The van der Waals surface area contributed by atoms with Crippen molar-refractivity contribution in [1.82, 2.24) is 14.9 Å². The molecule has 0 aromatic carbocycles. The summed E-state index contributed by atoms with van der Waals surface area (Å²) in [6.45, 7) is 9.37. The Morgan fingerprint density at radius 1 is 1.41 bits per heavy atom. The second kappa shape index (κ2) is 7.45. The minimum atomic E-state index is 0.442. The molecule has 1 aromatic rings. The summed E-state index contributed by atoms with van der Waals surface area (Å²) in [6, 6.07) is 0.442. The summed E-state index contributed by atoms with van der Waals surface area (Å²) >= 11 is 0. The Bertz CT molecular complexity index is 309. The van der Waals surface area contributed by atoms with Gasteiger partial charge < -0.3 is 14.6 Å². The quantitative estimate of drug-likeness (QED) is 0.707. The molecule has 1 heterocycles. The summed E-state index contributed by atoms with van der Waals surface area (Å²) in [5.74, 6) is 1.64. The Kier molecular flexibility index (Phi) is 6.22. The van der Waals surface area contributed by atoms with Crippen LogP contribution >= 0.6 is 0 Å². The molecule has 1 unspecified atom stereocenters. The average Bonchev–Trinajstić information content (AvgIpc) is 2.77. The number of rotatable bonds is 8. The molecular formula is C13H25N3O. The number of nitrogens with zero attached hydrogens (tertiary/aromatic N) is 2. The predicted octanol–water partition coefficient (Wildman–Crippen LogP) is 2.19. The van der Waals surface area contributed by atoms with Gasteiger partial charge in [0.15, 0.2) is 0 Å². The fourth-order valence-electron chi connectivity index (χ4n) is 1.90. The van der Waals surface area contributed by atoms with Crippen molar-refractivity contribution < 1.29 is 4.74 Å². The summed E-state index contributed by atoms with van der Waals surface area (Å²) in [4.78, 5) is 4.41. The van der Waals surface area contributed by atoms with Crippen LogP contribution in [0, 0.1) is 0 Å². The fraction of sp³-hybridized carbons (Fsp3) is 0.769. The van der Waals surface area contributed by atoms with Crippen LogP contribution in [-0.4, -0.2) is 36.4 Å². The van der Waals surface area contributed by atoms with Gasteiger partial charge in [-0.15, -0.1) is 0 Å². The smallest absolute Gasteiger partial charge is 0.111 e. The van der Waals surface area contributed by atoms with E-state index in [2.05, 4.69) is 41.8 Å². The molecule has 1 rings (SSSR count). The van der Waals surface area contributed by atoms with Gasteiger partial charge in [-0.05, 0) is 19.9 Å². The van der Waals surface area contributed by atoms with E-state index in [-0.39, 0.29) is 0 Å². The number of methoxy groups -OCH3 is 1. The molecule has 0 aliphatic rings. The van der Waals surface area contributed by atoms with Gasteiger partial charge >= 0.3 is 0 Å². The summed E-state index contributed by atoms with van der Waals surface area (Å²) in [5, 5.41) is 3.45. The van der Waals surface area contributed by atoms with Crippen molar-refractivity contribution >= 4 is 0 Å². The third-order valence-corrected chi connectivity index (χ3v) is 2.83. The van der Waals surface area contributed by atoms with Crippen molar-refractivity contribution in [3.05, 3.63) is 18.2 Å². The SMILES string of the molecule is COCCCNCC(C)n1ccnc1C(C)C. The molecule has 0 amide bonds. The van der Waals surface area contributed by atoms with E-state index in [4.69, 9.17) is 4.74 Å². The van der Waals surface area contributed by atoms with Crippen molar-refractivity contribution in [2.45, 2.75) is 39.2 Å². The summed E-state index contributed by atoms with van der Waals surface area (Å²) in [5.41, 5.74) is 0. The van der Waals surface area contributed by atoms with Gasteiger partial charge in [0.2, 0.25) is 0 Å². The molecule has 0 fully saturated rings. The molecule has 0 aliphatic heterocycles. The number of ether oxygens (including phenoxy) is 1. The normalized spacial score (nSPS) is 13.2. The number of imidazole rings is 1. The van der Waals surface area contributed by atoms with Gasteiger partial charge in [-0.1, -0.05) is 13.8 Å². The van der Waals surface area contributed by atoms with Crippen LogP contribution in [0.15, 0.2) is 12.4 Å². The monoisotopic (exact) mass is 239 g/mol. The second-order valence-corrected chi connectivity index (χ2v) is 4.75. The topological polar surface area (TPSA) is 39.1 Å². The van der Waals surface area contributed by atoms with Crippen molar-refractivity contribution in [2.75, 3.05) is 26.8 Å². The van der Waals surface area contributed by atoms with Crippen LogP contribution in [0.25, 0.3) is 0 Å². The molecule has 0 spiro atoms. The molecule has 1 atom stereocenters. The lowest BCUT2D eigenvalue weighted by atomic mass is 10.2. The highest BCUT2D eigenvalue weighted by Gasteiger charge is 2.11. The van der Waals surface area contributed by atoms with E-state index in [1.165, 1.54) is 0 Å². The third-order valence-electron chi connectivity index (χ3n) is 2.83. The van der Waals surface area contributed by atoms with Crippen LogP contribution in [0.1, 0.15) is 45.0 Å². The van der Waals surface area contributed by atoms with E-state index in [0.717, 1.165) is 31.9 Å². The number of nitrogens with one attached hydrogen (secondary N) is 1. The second-order valence-electron chi connectivity index (χ2n) is 4.75. The molecule has 0 aliphatic carbocycles. The van der Waals surface area contributed by atoms with Crippen molar-refractivity contribution in [3.8, 4) is 0 Å². The third kappa shape index (κ3) is 4.48. The zero-order chi connectivity index (χ0) is 12.7. The van der Waals surface area contributed by atoms with E-state index < -0.39 is 0 Å². The number of hydrogen-bond donors (Lipinski definition) is 1. The standard InChI is InChI=1S/C13H25N3O/c1-11(2)13-15-7-8-16(13)12(3)10-14-6-5-9-17-4/h7-8,11-12,14H,5-6,9-10H2,1-4H3. The number of aromatic nitrogens is 2. The molecule has 0 radical (unpaired) electrons. The Labute approximate surface area is 104 Å². The van der Waals surface area contributed by atoms with Crippen LogP contribution in [0.5, 0.6) is 0 Å². The Hall–Kier alpha value is -0.870. The van der Waals surface area contributed by atoms with Crippen LogP contribution < -0.4 is 5.32 Å². The minimum absolute atomic E-state index is 0.442. The summed E-state index contributed by atoms with van der Waals surface area (Å²) in [6.07, 6.45) is 5.01. The maximum absolute atomic E-state index is 5.02. The highest BCUT2D eigenvalue weighted by Crippen LogP contribution is 2.16. The first-order valence-corrected chi connectivity index (χ1v) is 6.39. The van der Waals surface area contributed by atoms with Gasteiger partial charge in [0.05, 0.1) is 0 Å². The van der Waals surface area contributed by atoms with Gasteiger partial charge in [0.25, 0.3) is 0 Å². The Balaban J connectivity index is 2.36. The van der Waals surface area contributed by atoms with Gasteiger partial charge in [-0.25, -0.2) is 4.98 Å². The zero-order valence-electron chi connectivity index (χ0n) is 11.4. The molecule has 0 saturated heterocycles. The largest absolute Gasteiger partial charge is 0.385 e. The van der Waals surface area contributed by atoms with Crippen LogP contribution in [-0.2, 0) is 4.74 Å². The Morgan fingerprint density at radius 3 is 2.82 bits per heavy atom. The molecule has 1 aromatic heterocycles. The van der Waals surface area contributed by atoms with Crippen LogP contribution in [0.2, 0.25) is 0 Å². The molecular weight excluding hydrogens is 214 g/mol. The first-order valence-electron chi connectivity index (χ1n) is 6.39. The van der Waals surface area contributed by atoms with Crippen molar-refractivity contribution in [3.63, 3.8) is 0 Å². The lowest BCUT2D eigenvalue weighted by molar-refractivity contribution is 0.194. The van der Waals surface area contributed by atoms with E-state index >= 15 is 0 Å². The Morgan fingerprint density at radius 2 is 2.18 bits per heavy atom. The lowest BCUT2D eigenvalue weighted by Crippen LogP contribution is -2.26. The molecule has 98 valence electrons. The van der Waals surface area contributed by atoms with Crippen molar-refractivity contribution in [2.24, 2.45) is 0 Å². The molecule has 1 N–H and O–H groups in total. The van der Waals surface area contributed by atoms with Gasteiger partial charge in [-0.3, -0.25) is 0 Å². The fourth-order valence-corrected chi connectivity index (χ4v) is 1.90. The zero-order valence-corrected chi connectivity index (χ0v) is 11.4. The van der Waals surface area contributed by atoms with E-state index in [9.17, 15) is 0 Å². The van der Waals surface area contributed by atoms with E-state index in [1.807, 2.05) is 6.20 Å². The first-order chi connectivity index (χ1) is 8.16. The molecule has 4 heteroatoms. The van der Waals surface area contributed by atoms with Gasteiger partial charge in [0.1, 0.15) is 5.82 Å². The van der Waals surface area contributed by atoms with Crippen LogP contribution in [0.3, 0.4) is 0 Å². The minimum Gasteiger partial charge on any atom is -0.385 e. The first kappa shape index (κ1) is 14.2. The molecule has 4 nitrogen and oxygen atoms in total. The maximum Gasteiger partial charge on any atom is 0.111 e. The van der Waals surface area contributed by atoms with Crippen molar-refractivity contribution in [1.29, 1.82) is 0 Å². The maximum atomic E-state index is 5.02. The predicted molar refractivity (Wildman–Crippen MR) is 70.4 cm³/mol. The highest BCUT2D eigenvalue weighted by molar-refractivity contribution is 4.99. The van der Waals surface area contributed by atoms with Crippen LogP contribution in [0.4, 0.5) is 0 Å². The molecule has 17 heavy (non-hydrogen) atoms. The molecule has 0 bridgehead atoms. The van der Waals surface area contributed by atoms with Gasteiger partial charge in [0, 0.05) is 44.6 Å². The summed E-state index contributed by atoms with van der Waals surface area (Å²) in [7, 11) is 1.74.